The maximum atomic E-state index is 12.0. The second kappa shape index (κ2) is 8.18. The van der Waals surface area contributed by atoms with Gasteiger partial charge in [-0.3, -0.25) is 10.1 Å². The van der Waals surface area contributed by atoms with Crippen molar-refractivity contribution < 1.29 is 37.0 Å². The van der Waals surface area contributed by atoms with E-state index in [9.17, 15) is 27.6 Å². The van der Waals surface area contributed by atoms with Crippen LogP contribution < -0.4 is 15.4 Å². The number of amides is 3. The Kier molecular flexibility index (Phi) is 6.57. The van der Waals surface area contributed by atoms with Crippen molar-refractivity contribution >= 4 is 17.9 Å². The molecule has 132 valence electrons. The minimum atomic E-state index is -4.84. The SMILES string of the molecule is CCNC(=O)NC(=O)C(C)OC(=O)c1ccc(OC(F)(F)F)cc1. The Morgan fingerprint density at radius 2 is 1.75 bits per heavy atom. The third-order valence-electron chi connectivity index (χ3n) is 2.55. The second-order valence-electron chi connectivity index (χ2n) is 4.47. The summed E-state index contributed by atoms with van der Waals surface area (Å²) in [5, 5.41) is 4.29. The van der Waals surface area contributed by atoms with E-state index in [2.05, 4.69) is 10.1 Å². The number of urea groups is 1. The number of carbonyl (C=O) groups excluding carboxylic acids is 3. The molecule has 1 rings (SSSR count). The molecule has 0 aliphatic rings. The lowest BCUT2D eigenvalue weighted by atomic mass is 10.2. The van der Waals surface area contributed by atoms with Gasteiger partial charge in [0.25, 0.3) is 5.91 Å². The van der Waals surface area contributed by atoms with Gasteiger partial charge < -0.3 is 14.8 Å². The summed E-state index contributed by atoms with van der Waals surface area (Å²) in [7, 11) is 0. The maximum absolute atomic E-state index is 12.0. The van der Waals surface area contributed by atoms with Crippen LogP contribution in [-0.2, 0) is 9.53 Å². The molecule has 0 fully saturated rings. The molecule has 1 atom stereocenters. The molecule has 0 radical (unpaired) electrons. The average molecular weight is 348 g/mol. The van der Waals surface area contributed by atoms with Crippen LogP contribution in [0.4, 0.5) is 18.0 Å². The number of carbonyl (C=O) groups is 3. The molecule has 10 heteroatoms. The molecule has 1 unspecified atom stereocenters. The van der Waals surface area contributed by atoms with Crippen molar-refractivity contribution in [2.45, 2.75) is 26.3 Å². The molecule has 0 aliphatic carbocycles. The van der Waals surface area contributed by atoms with E-state index in [0.29, 0.717) is 6.54 Å². The van der Waals surface area contributed by atoms with E-state index in [0.717, 1.165) is 24.3 Å². The summed E-state index contributed by atoms with van der Waals surface area (Å²) in [6, 6.07) is 3.24. The summed E-state index contributed by atoms with van der Waals surface area (Å²) >= 11 is 0. The largest absolute Gasteiger partial charge is 0.573 e. The van der Waals surface area contributed by atoms with Crippen molar-refractivity contribution in [3.8, 4) is 5.75 Å². The summed E-state index contributed by atoms with van der Waals surface area (Å²) in [6.07, 6.45) is -6.11. The Morgan fingerprint density at radius 3 is 2.25 bits per heavy atom. The lowest BCUT2D eigenvalue weighted by Gasteiger charge is -2.13. The van der Waals surface area contributed by atoms with E-state index in [4.69, 9.17) is 4.74 Å². The highest BCUT2D eigenvalue weighted by molar-refractivity contribution is 5.98. The molecule has 24 heavy (non-hydrogen) atoms. The van der Waals surface area contributed by atoms with Gasteiger partial charge >= 0.3 is 18.4 Å². The van der Waals surface area contributed by atoms with Crippen LogP contribution in [0.5, 0.6) is 5.75 Å². The molecule has 0 spiro atoms. The Balaban J connectivity index is 2.61. The topological polar surface area (TPSA) is 93.7 Å². The smallest absolute Gasteiger partial charge is 0.449 e. The number of alkyl halides is 3. The first-order chi connectivity index (χ1) is 11.1. The average Bonchev–Trinajstić information content (AvgIpc) is 2.46. The monoisotopic (exact) mass is 348 g/mol. The van der Waals surface area contributed by atoms with E-state index in [1.165, 1.54) is 6.92 Å². The van der Waals surface area contributed by atoms with Gasteiger partial charge in [-0.2, -0.15) is 0 Å². The predicted octanol–water partition coefficient (Wildman–Crippen LogP) is 1.98. The number of imide groups is 1. The van der Waals surface area contributed by atoms with Gasteiger partial charge in [-0.15, -0.1) is 13.2 Å². The predicted molar refractivity (Wildman–Crippen MR) is 75.2 cm³/mol. The van der Waals surface area contributed by atoms with E-state index in [-0.39, 0.29) is 5.56 Å². The first-order valence-corrected chi connectivity index (χ1v) is 6.78. The summed E-state index contributed by atoms with van der Waals surface area (Å²) in [5.74, 6) is -2.28. The summed E-state index contributed by atoms with van der Waals surface area (Å²) in [4.78, 5) is 34.6. The molecular formula is C14H15F3N2O5. The summed E-state index contributed by atoms with van der Waals surface area (Å²) < 4.78 is 44.6. The van der Waals surface area contributed by atoms with Gasteiger partial charge in [0.15, 0.2) is 6.10 Å². The van der Waals surface area contributed by atoms with Gasteiger partial charge in [0.2, 0.25) is 0 Å². The number of benzene rings is 1. The zero-order valence-electron chi connectivity index (χ0n) is 12.8. The van der Waals surface area contributed by atoms with Crippen LogP contribution in [0.15, 0.2) is 24.3 Å². The van der Waals surface area contributed by atoms with Gasteiger partial charge in [-0.25, -0.2) is 9.59 Å². The van der Waals surface area contributed by atoms with Crippen molar-refractivity contribution in [1.82, 2.24) is 10.6 Å². The molecule has 2 N–H and O–H groups in total. The third kappa shape index (κ3) is 6.55. The quantitative estimate of drug-likeness (QED) is 0.794. The zero-order valence-corrected chi connectivity index (χ0v) is 12.8. The Labute approximate surface area is 135 Å². The van der Waals surface area contributed by atoms with E-state index < -0.39 is 36.1 Å². The highest BCUT2D eigenvalue weighted by atomic mass is 19.4. The van der Waals surface area contributed by atoms with Crippen molar-refractivity contribution in [3.05, 3.63) is 29.8 Å². The summed E-state index contributed by atoms with van der Waals surface area (Å²) in [6.45, 7) is 3.20. The number of halogens is 3. The van der Waals surface area contributed by atoms with Gasteiger partial charge in [0.1, 0.15) is 5.75 Å². The van der Waals surface area contributed by atoms with Crippen molar-refractivity contribution in [3.63, 3.8) is 0 Å². The van der Waals surface area contributed by atoms with Crippen LogP contribution in [0, 0.1) is 0 Å². The molecule has 0 heterocycles. The number of nitrogens with one attached hydrogen (secondary N) is 2. The minimum Gasteiger partial charge on any atom is -0.449 e. The fourth-order valence-electron chi connectivity index (χ4n) is 1.49. The molecule has 1 aromatic rings. The summed E-state index contributed by atoms with van der Waals surface area (Å²) in [5.41, 5.74) is -0.0813. The normalized spacial score (nSPS) is 12.0. The van der Waals surface area contributed by atoms with Crippen LogP contribution >= 0.6 is 0 Å². The Hall–Kier alpha value is -2.78. The Bertz CT molecular complexity index is 601. The number of rotatable bonds is 5. The van der Waals surface area contributed by atoms with Crippen LogP contribution in [0.2, 0.25) is 0 Å². The van der Waals surface area contributed by atoms with Crippen LogP contribution in [-0.4, -0.2) is 36.9 Å². The number of esters is 1. The van der Waals surface area contributed by atoms with Gasteiger partial charge in [0, 0.05) is 6.54 Å². The molecule has 0 saturated carbocycles. The lowest BCUT2D eigenvalue weighted by molar-refractivity contribution is -0.274. The number of ether oxygens (including phenoxy) is 2. The van der Waals surface area contributed by atoms with E-state index >= 15 is 0 Å². The molecular weight excluding hydrogens is 333 g/mol. The number of hydrogen-bond donors (Lipinski definition) is 2. The fourth-order valence-corrected chi connectivity index (χ4v) is 1.49. The van der Waals surface area contributed by atoms with Crippen LogP contribution in [0.25, 0.3) is 0 Å². The molecule has 0 aromatic heterocycles. The van der Waals surface area contributed by atoms with E-state index in [1.54, 1.807) is 6.92 Å². The van der Waals surface area contributed by atoms with Gasteiger partial charge in [-0.1, -0.05) is 0 Å². The highest BCUT2D eigenvalue weighted by Gasteiger charge is 2.31. The fraction of sp³-hybridized carbons (Fsp3) is 0.357. The van der Waals surface area contributed by atoms with Crippen LogP contribution in [0.1, 0.15) is 24.2 Å². The molecule has 0 bridgehead atoms. The zero-order chi connectivity index (χ0) is 18.3. The van der Waals surface area contributed by atoms with Gasteiger partial charge in [0.05, 0.1) is 5.56 Å². The second-order valence-corrected chi connectivity index (χ2v) is 4.47. The highest BCUT2D eigenvalue weighted by Crippen LogP contribution is 2.22. The van der Waals surface area contributed by atoms with Gasteiger partial charge in [-0.05, 0) is 38.1 Å². The molecule has 3 amide bonds. The van der Waals surface area contributed by atoms with Crippen molar-refractivity contribution in [2.24, 2.45) is 0 Å². The Morgan fingerprint density at radius 1 is 1.17 bits per heavy atom. The van der Waals surface area contributed by atoms with Crippen molar-refractivity contribution in [1.29, 1.82) is 0 Å². The minimum absolute atomic E-state index is 0.0813. The first-order valence-electron chi connectivity index (χ1n) is 6.78. The molecule has 1 aromatic carbocycles. The third-order valence-corrected chi connectivity index (χ3v) is 2.55. The molecule has 0 aliphatic heterocycles. The number of hydrogen-bond acceptors (Lipinski definition) is 5. The van der Waals surface area contributed by atoms with Crippen LogP contribution in [0.3, 0.4) is 0 Å². The standard InChI is InChI=1S/C14H15F3N2O5/c1-3-18-13(22)19-11(20)8(2)23-12(21)9-4-6-10(7-5-9)24-14(15,16)17/h4-8H,3H2,1-2H3,(H2,18,19,20,22). The van der Waals surface area contributed by atoms with Crippen molar-refractivity contribution in [2.75, 3.05) is 6.54 Å². The van der Waals surface area contributed by atoms with E-state index in [1.807, 2.05) is 5.32 Å². The molecule has 0 saturated heterocycles. The maximum Gasteiger partial charge on any atom is 0.573 e. The molecule has 7 nitrogen and oxygen atoms in total. The lowest BCUT2D eigenvalue weighted by Crippen LogP contribution is -2.44. The first kappa shape index (κ1) is 19.3.